The van der Waals surface area contributed by atoms with Crippen LogP contribution in [0.15, 0.2) is 56.3 Å². The van der Waals surface area contributed by atoms with Crippen LogP contribution < -0.4 is 11.2 Å². The predicted octanol–water partition coefficient (Wildman–Crippen LogP) is 4.96. The lowest BCUT2D eigenvalue weighted by Crippen LogP contribution is -2.35. The van der Waals surface area contributed by atoms with Crippen molar-refractivity contribution in [2.75, 3.05) is 5.75 Å². The van der Waals surface area contributed by atoms with Crippen LogP contribution >= 0.6 is 34.5 Å². The van der Waals surface area contributed by atoms with E-state index in [2.05, 4.69) is 4.98 Å². The maximum Gasteiger partial charge on any atom is 0.418 e. The Hall–Kier alpha value is -2.93. The van der Waals surface area contributed by atoms with Gasteiger partial charge in [0, 0.05) is 6.42 Å². The number of carbonyl (C=O) groups is 1. The molecular formula is C23H15Cl2F3N2O5S2. The summed E-state index contributed by atoms with van der Waals surface area (Å²) in [5.74, 6) is -1.86. The highest BCUT2D eigenvalue weighted by Gasteiger charge is 2.35. The summed E-state index contributed by atoms with van der Waals surface area (Å²) in [6, 6.07) is 8.23. The maximum atomic E-state index is 14.0. The van der Waals surface area contributed by atoms with Crippen LogP contribution in [-0.4, -0.2) is 29.5 Å². The molecule has 0 fully saturated rings. The van der Waals surface area contributed by atoms with E-state index in [4.69, 9.17) is 23.2 Å². The molecule has 0 aliphatic carbocycles. The lowest BCUT2D eigenvalue weighted by Gasteiger charge is -2.16. The van der Waals surface area contributed by atoms with E-state index in [9.17, 15) is 36.0 Å². The molecule has 2 aromatic carbocycles. The van der Waals surface area contributed by atoms with Crippen LogP contribution in [0.5, 0.6) is 0 Å². The molecule has 2 aromatic heterocycles. The number of hydrogen-bond acceptors (Lipinski definition) is 6. The highest BCUT2D eigenvalue weighted by molar-refractivity contribution is 7.94. The van der Waals surface area contributed by atoms with Gasteiger partial charge in [-0.2, -0.15) is 13.2 Å². The molecule has 0 radical (unpaired) electrons. The van der Waals surface area contributed by atoms with Crippen molar-refractivity contribution >= 4 is 61.1 Å². The van der Waals surface area contributed by atoms with Gasteiger partial charge in [0.15, 0.2) is 15.6 Å². The van der Waals surface area contributed by atoms with E-state index in [1.54, 1.807) is 13.0 Å². The van der Waals surface area contributed by atoms with Crippen LogP contribution in [0.2, 0.25) is 9.36 Å². The summed E-state index contributed by atoms with van der Waals surface area (Å²) in [5.41, 5.74) is -3.33. The van der Waals surface area contributed by atoms with Crippen molar-refractivity contribution in [1.29, 1.82) is 0 Å². The first-order valence-corrected chi connectivity index (χ1v) is 13.6. The number of alkyl halides is 3. The number of aromatic nitrogens is 2. The second kappa shape index (κ2) is 9.75. The van der Waals surface area contributed by atoms with Gasteiger partial charge in [0.25, 0.3) is 5.56 Å². The molecule has 37 heavy (non-hydrogen) atoms. The van der Waals surface area contributed by atoms with Gasteiger partial charge >= 0.3 is 11.9 Å². The van der Waals surface area contributed by atoms with Crippen molar-refractivity contribution in [3.8, 4) is 5.69 Å². The Kier molecular flexibility index (Phi) is 7.14. The van der Waals surface area contributed by atoms with E-state index >= 15 is 0 Å². The van der Waals surface area contributed by atoms with Crippen LogP contribution in [0, 0.1) is 6.92 Å². The Bertz CT molecular complexity index is 1770. The minimum atomic E-state index is -5.00. The summed E-state index contributed by atoms with van der Waals surface area (Å²) < 4.78 is 67.1. The van der Waals surface area contributed by atoms with Gasteiger partial charge in [0.2, 0.25) is 0 Å². The zero-order valence-corrected chi connectivity index (χ0v) is 21.8. The monoisotopic (exact) mass is 590 g/mol. The van der Waals surface area contributed by atoms with Crippen molar-refractivity contribution in [3.63, 3.8) is 0 Å². The number of Topliss-reactive ketones (excluding diaryl/α,β-unsaturated/α-hetero) is 1. The van der Waals surface area contributed by atoms with Crippen LogP contribution in [0.3, 0.4) is 0 Å². The van der Waals surface area contributed by atoms with Gasteiger partial charge in [-0.05, 0) is 48.4 Å². The van der Waals surface area contributed by atoms with E-state index in [1.807, 2.05) is 0 Å². The van der Waals surface area contributed by atoms with Gasteiger partial charge in [-0.3, -0.25) is 9.59 Å². The molecule has 0 aliphatic rings. The summed E-state index contributed by atoms with van der Waals surface area (Å²) in [6.07, 6.45) is -5.64. The minimum absolute atomic E-state index is 0.00264. The number of benzene rings is 2. The molecule has 7 nitrogen and oxygen atoms in total. The Morgan fingerprint density at radius 3 is 2.41 bits per heavy atom. The number of hydrogen-bond donors (Lipinski definition) is 1. The fraction of sp³-hybridized carbons (Fsp3) is 0.174. The Morgan fingerprint density at radius 1 is 1.08 bits per heavy atom. The Morgan fingerprint density at radius 2 is 1.78 bits per heavy atom. The third-order valence-electron chi connectivity index (χ3n) is 5.34. The number of thiophene rings is 1. The maximum absolute atomic E-state index is 14.0. The largest absolute Gasteiger partial charge is 0.418 e. The standard InChI is InChI=1S/C23H15Cl2F3N2O5S2/c1-11-2-4-14-17(6-11)29-22(33)30(21(14)32)18-5-3-12(8-15(18)23(26,27)28)7-13(31)10-37(34,35)19-9-16(24)20(25)36-19/h2-6,8-9H,7,10H2,1H3,(H,29,33). The lowest BCUT2D eigenvalue weighted by atomic mass is 10.0. The fourth-order valence-corrected chi connectivity index (χ4v) is 6.91. The number of fused-ring (bicyclic) bond motifs is 1. The molecule has 0 aliphatic heterocycles. The first kappa shape index (κ1) is 27.1. The number of ketones is 1. The second-order valence-corrected chi connectivity index (χ2v) is 12.4. The molecule has 0 saturated carbocycles. The van der Waals surface area contributed by atoms with Crippen molar-refractivity contribution in [3.05, 3.63) is 89.4 Å². The SMILES string of the molecule is Cc1ccc2c(=O)n(-c3ccc(CC(=O)CS(=O)(=O)c4cc(Cl)c(Cl)s4)cc3C(F)(F)F)c(=O)[nH]c2c1. The van der Waals surface area contributed by atoms with Crippen LogP contribution in [0.4, 0.5) is 13.2 Å². The average molecular weight is 591 g/mol. The first-order chi connectivity index (χ1) is 17.2. The van der Waals surface area contributed by atoms with Crippen molar-refractivity contribution in [2.24, 2.45) is 0 Å². The third-order valence-corrected chi connectivity index (χ3v) is 9.45. The van der Waals surface area contributed by atoms with Gasteiger partial charge in [-0.1, -0.05) is 35.3 Å². The number of aryl methyl sites for hydroxylation is 1. The van der Waals surface area contributed by atoms with E-state index in [0.29, 0.717) is 22.0 Å². The van der Waals surface area contributed by atoms with Gasteiger partial charge in [0.05, 0.1) is 27.2 Å². The number of nitrogens with zero attached hydrogens (tertiary/aromatic N) is 1. The Labute approximate surface area is 221 Å². The number of sulfone groups is 1. The fourth-order valence-electron chi connectivity index (χ4n) is 3.71. The van der Waals surface area contributed by atoms with Gasteiger partial charge in [-0.15, -0.1) is 11.3 Å². The zero-order valence-electron chi connectivity index (χ0n) is 18.7. The first-order valence-electron chi connectivity index (χ1n) is 10.3. The molecule has 0 amide bonds. The quantitative estimate of drug-likeness (QED) is 0.341. The molecular weight excluding hydrogens is 576 g/mol. The number of carbonyl (C=O) groups excluding carboxylic acids is 1. The smallest absolute Gasteiger partial charge is 0.306 e. The molecule has 0 spiro atoms. The van der Waals surface area contributed by atoms with Crippen molar-refractivity contribution < 1.29 is 26.4 Å². The Balaban J connectivity index is 1.72. The predicted molar refractivity (Wildman–Crippen MR) is 135 cm³/mol. The molecule has 4 aromatic rings. The molecule has 4 rings (SSSR count). The summed E-state index contributed by atoms with van der Waals surface area (Å²) in [7, 11) is -4.12. The van der Waals surface area contributed by atoms with E-state index in [1.165, 1.54) is 12.1 Å². The highest BCUT2D eigenvalue weighted by atomic mass is 35.5. The number of halogens is 5. The summed E-state index contributed by atoms with van der Waals surface area (Å²) >= 11 is 12.2. The van der Waals surface area contributed by atoms with E-state index in [-0.39, 0.29) is 30.0 Å². The van der Waals surface area contributed by atoms with Gasteiger partial charge in [0.1, 0.15) is 14.3 Å². The molecule has 0 atom stereocenters. The molecule has 2 heterocycles. The normalized spacial score (nSPS) is 12.3. The highest BCUT2D eigenvalue weighted by Crippen LogP contribution is 2.36. The third kappa shape index (κ3) is 5.52. The molecule has 0 unspecified atom stereocenters. The van der Waals surface area contributed by atoms with Crippen molar-refractivity contribution in [1.82, 2.24) is 9.55 Å². The van der Waals surface area contributed by atoms with Crippen LogP contribution in [0.25, 0.3) is 16.6 Å². The number of rotatable bonds is 6. The minimum Gasteiger partial charge on any atom is -0.306 e. The molecule has 1 N–H and O–H groups in total. The summed E-state index contributed by atoms with van der Waals surface area (Å²) in [4.78, 5) is 40.5. The van der Waals surface area contributed by atoms with Gasteiger partial charge in [-0.25, -0.2) is 17.8 Å². The number of nitrogens with one attached hydrogen (secondary N) is 1. The molecule has 0 saturated heterocycles. The topological polar surface area (TPSA) is 106 Å². The van der Waals surface area contributed by atoms with Crippen LogP contribution in [-0.2, 0) is 27.2 Å². The second-order valence-electron chi connectivity index (χ2n) is 8.13. The zero-order chi connectivity index (χ0) is 27.3. The molecule has 0 bridgehead atoms. The summed E-state index contributed by atoms with van der Waals surface area (Å²) in [5, 5.41) is 0.00808. The van der Waals surface area contributed by atoms with E-state index in [0.717, 1.165) is 23.8 Å². The summed E-state index contributed by atoms with van der Waals surface area (Å²) in [6.45, 7) is 1.72. The lowest BCUT2D eigenvalue weighted by molar-refractivity contribution is -0.137. The van der Waals surface area contributed by atoms with E-state index < -0.39 is 56.5 Å². The molecule has 194 valence electrons. The number of H-pyrrole nitrogens is 1. The van der Waals surface area contributed by atoms with Crippen molar-refractivity contribution in [2.45, 2.75) is 23.7 Å². The number of aromatic amines is 1. The van der Waals surface area contributed by atoms with Gasteiger partial charge < -0.3 is 4.98 Å². The molecule has 14 heteroatoms. The average Bonchev–Trinajstić information content (AvgIpc) is 3.12. The van der Waals surface area contributed by atoms with Crippen LogP contribution in [0.1, 0.15) is 16.7 Å².